The highest BCUT2D eigenvalue weighted by atomic mass is 32.1. The molecule has 162 valence electrons. The number of amides is 1. The van der Waals surface area contributed by atoms with E-state index in [2.05, 4.69) is 16.9 Å². The molecule has 4 aromatic rings. The molecule has 1 N–H and O–H groups in total. The number of nitrogens with zero attached hydrogens (tertiary/aromatic N) is 3. The number of thiazole rings is 1. The lowest BCUT2D eigenvalue weighted by Crippen LogP contribution is -2.27. The van der Waals surface area contributed by atoms with Crippen LogP contribution in [0.1, 0.15) is 5.56 Å². The number of ether oxygens (including phenoxy) is 1. The van der Waals surface area contributed by atoms with E-state index in [0.29, 0.717) is 32.3 Å². The Labute approximate surface area is 193 Å². The van der Waals surface area contributed by atoms with Gasteiger partial charge in [-0.1, -0.05) is 29.5 Å². The number of hydrogen-bond acceptors (Lipinski definition) is 6. The zero-order chi connectivity index (χ0) is 22.7. The summed E-state index contributed by atoms with van der Waals surface area (Å²) in [6.45, 7) is 6.01. The third kappa shape index (κ3) is 4.68. The minimum atomic E-state index is -0.338. The van der Waals surface area contributed by atoms with Gasteiger partial charge >= 0.3 is 0 Å². The molecule has 4 rings (SSSR count). The summed E-state index contributed by atoms with van der Waals surface area (Å²) in [7, 11) is 0. The first-order chi connectivity index (χ1) is 15.4. The summed E-state index contributed by atoms with van der Waals surface area (Å²) in [6.07, 6.45) is 3.06. The molecule has 0 spiro atoms. The highest BCUT2D eigenvalue weighted by Crippen LogP contribution is 2.23. The quantitative estimate of drug-likeness (QED) is 0.310. The first-order valence-corrected chi connectivity index (χ1v) is 11.0. The number of aromatic nitrogens is 3. The molecule has 0 bridgehead atoms. The van der Waals surface area contributed by atoms with E-state index >= 15 is 0 Å². The smallest absolute Gasteiger partial charge is 0.273 e. The summed E-state index contributed by atoms with van der Waals surface area (Å²) in [5.41, 5.74) is 1.91. The number of rotatable bonds is 7. The number of anilines is 1. The van der Waals surface area contributed by atoms with Gasteiger partial charge in [0, 0.05) is 12.2 Å². The van der Waals surface area contributed by atoms with E-state index < -0.39 is 0 Å². The number of nitrogens with one attached hydrogen (secondary N) is 1. The van der Waals surface area contributed by atoms with Crippen LogP contribution < -0.4 is 15.6 Å². The number of carbonyl (C=O) groups is 1. The fourth-order valence-corrected chi connectivity index (χ4v) is 4.47. The Hall–Kier alpha value is -3.56. The Kier molecular flexibility index (Phi) is 6.29. The Morgan fingerprint density at radius 1 is 1.25 bits per heavy atom. The van der Waals surface area contributed by atoms with Gasteiger partial charge < -0.3 is 14.6 Å². The molecule has 0 aliphatic heterocycles. The minimum absolute atomic E-state index is 0.157. The minimum Gasteiger partial charge on any atom is -0.457 e. The zero-order valence-electron chi connectivity index (χ0n) is 17.3. The van der Waals surface area contributed by atoms with Crippen molar-refractivity contribution in [3.8, 4) is 11.5 Å². The molecule has 0 aliphatic rings. The Balaban J connectivity index is 1.45. The summed E-state index contributed by atoms with van der Waals surface area (Å²) in [5.74, 6) is 1.06. The highest BCUT2D eigenvalue weighted by molar-refractivity contribution is 7.73. The number of carbonyl (C=O) groups excluding carboxylic acids is 1. The van der Waals surface area contributed by atoms with Crippen molar-refractivity contribution in [1.82, 2.24) is 14.1 Å². The molecule has 32 heavy (non-hydrogen) atoms. The fourth-order valence-electron chi connectivity index (χ4n) is 3.15. The predicted octanol–water partition coefficient (Wildman–Crippen LogP) is 4.91. The lowest BCUT2D eigenvalue weighted by atomic mass is 10.2. The standard InChI is InChI=1S/C23H20N4O3S2/c1-3-11-27-21-20(32-23(27)31)22(29)26(14-24-21)13-19(28)25-16-7-9-17(10-8-16)30-18-6-4-5-15(2)12-18/h3-10,12,14H,1,11,13H2,2H3,(H,25,28). The lowest BCUT2D eigenvalue weighted by molar-refractivity contribution is -0.116. The van der Waals surface area contributed by atoms with Gasteiger partial charge in [-0.2, -0.15) is 0 Å². The molecule has 0 saturated heterocycles. The fraction of sp³-hybridized carbons (Fsp3) is 0.130. The van der Waals surface area contributed by atoms with Crippen LogP contribution in [0.4, 0.5) is 5.69 Å². The lowest BCUT2D eigenvalue weighted by Gasteiger charge is -2.09. The molecule has 0 fully saturated rings. The van der Waals surface area contributed by atoms with Crippen LogP contribution in [0.5, 0.6) is 11.5 Å². The van der Waals surface area contributed by atoms with Crippen molar-refractivity contribution in [2.24, 2.45) is 0 Å². The van der Waals surface area contributed by atoms with Crippen LogP contribution in [0, 0.1) is 10.9 Å². The van der Waals surface area contributed by atoms with Gasteiger partial charge in [0.1, 0.15) is 29.1 Å². The normalized spacial score (nSPS) is 10.8. The molecular formula is C23H20N4O3S2. The molecule has 2 aromatic heterocycles. The molecule has 0 saturated carbocycles. The van der Waals surface area contributed by atoms with Gasteiger partial charge in [-0.05, 0) is 61.1 Å². The molecule has 1 amide bonds. The van der Waals surface area contributed by atoms with Gasteiger partial charge in [-0.25, -0.2) is 4.98 Å². The maximum atomic E-state index is 12.8. The van der Waals surface area contributed by atoms with Gasteiger partial charge in [0.2, 0.25) is 5.91 Å². The molecule has 2 aromatic carbocycles. The van der Waals surface area contributed by atoms with Crippen LogP contribution in [0.25, 0.3) is 10.3 Å². The van der Waals surface area contributed by atoms with Crippen LogP contribution in [-0.2, 0) is 17.9 Å². The Bertz CT molecular complexity index is 1420. The van der Waals surface area contributed by atoms with E-state index in [1.54, 1.807) is 34.9 Å². The summed E-state index contributed by atoms with van der Waals surface area (Å²) < 4.78 is 9.80. The van der Waals surface area contributed by atoms with Gasteiger partial charge in [0.05, 0.1) is 0 Å². The third-order valence-electron chi connectivity index (χ3n) is 4.63. The second-order valence-electron chi connectivity index (χ2n) is 7.09. The van der Waals surface area contributed by atoms with Gasteiger partial charge in [-0.3, -0.25) is 14.2 Å². The first kappa shape index (κ1) is 21.7. The van der Waals surface area contributed by atoms with Crippen LogP contribution in [0.2, 0.25) is 0 Å². The average Bonchev–Trinajstić information content (AvgIpc) is 3.08. The van der Waals surface area contributed by atoms with Gasteiger partial charge in [0.15, 0.2) is 9.60 Å². The molecule has 0 unspecified atom stereocenters. The van der Waals surface area contributed by atoms with E-state index in [1.165, 1.54) is 22.2 Å². The molecular weight excluding hydrogens is 444 g/mol. The molecule has 7 nitrogen and oxygen atoms in total. The van der Waals surface area contributed by atoms with E-state index in [4.69, 9.17) is 17.0 Å². The summed E-state index contributed by atoms with van der Waals surface area (Å²) in [4.78, 5) is 29.6. The number of hydrogen-bond donors (Lipinski definition) is 1. The zero-order valence-corrected chi connectivity index (χ0v) is 18.9. The predicted molar refractivity (Wildman–Crippen MR) is 129 cm³/mol. The van der Waals surface area contributed by atoms with Crippen molar-refractivity contribution in [3.63, 3.8) is 0 Å². The van der Waals surface area contributed by atoms with Crippen molar-refractivity contribution in [3.05, 3.63) is 87.4 Å². The van der Waals surface area contributed by atoms with Crippen molar-refractivity contribution in [2.45, 2.75) is 20.0 Å². The molecule has 0 aliphatic carbocycles. The van der Waals surface area contributed by atoms with E-state index in [0.717, 1.165) is 11.3 Å². The van der Waals surface area contributed by atoms with Crippen molar-refractivity contribution < 1.29 is 9.53 Å². The summed E-state index contributed by atoms with van der Waals surface area (Å²) >= 11 is 6.49. The van der Waals surface area contributed by atoms with Crippen LogP contribution in [-0.4, -0.2) is 20.0 Å². The number of fused-ring (bicyclic) bond motifs is 1. The second-order valence-corrected chi connectivity index (χ2v) is 8.73. The van der Waals surface area contributed by atoms with Crippen LogP contribution >= 0.6 is 23.6 Å². The van der Waals surface area contributed by atoms with E-state index in [-0.39, 0.29) is 18.0 Å². The molecule has 0 atom stereocenters. The van der Waals surface area contributed by atoms with Crippen LogP contribution in [0.3, 0.4) is 0 Å². The highest BCUT2D eigenvalue weighted by Gasteiger charge is 2.13. The topological polar surface area (TPSA) is 78.2 Å². The second kappa shape index (κ2) is 9.29. The third-order valence-corrected chi connectivity index (χ3v) is 6.06. The van der Waals surface area contributed by atoms with Crippen molar-refractivity contribution in [1.29, 1.82) is 0 Å². The maximum Gasteiger partial charge on any atom is 0.273 e. The van der Waals surface area contributed by atoms with Gasteiger partial charge in [0.25, 0.3) is 5.56 Å². The van der Waals surface area contributed by atoms with Crippen molar-refractivity contribution >= 4 is 45.5 Å². The molecule has 2 heterocycles. The Morgan fingerprint density at radius 3 is 2.75 bits per heavy atom. The number of benzene rings is 2. The molecule has 9 heteroatoms. The number of allylic oxidation sites excluding steroid dienone is 1. The van der Waals surface area contributed by atoms with Crippen molar-refractivity contribution in [2.75, 3.05) is 5.32 Å². The average molecular weight is 465 g/mol. The summed E-state index contributed by atoms with van der Waals surface area (Å²) in [5, 5.41) is 2.79. The van der Waals surface area contributed by atoms with Gasteiger partial charge in [-0.15, -0.1) is 6.58 Å². The number of aryl methyl sites for hydroxylation is 1. The maximum absolute atomic E-state index is 12.8. The SMILES string of the molecule is C=CCn1c(=S)sc2c(=O)n(CC(=O)Nc3ccc(Oc4cccc(C)c4)cc3)cnc21. The van der Waals surface area contributed by atoms with Crippen LogP contribution in [0.15, 0.2) is 72.3 Å². The monoisotopic (exact) mass is 464 g/mol. The molecule has 0 radical (unpaired) electrons. The first-order valence-electron chi connectivity index (χ1n) is 9.78. The van der Waals surface area contributed by atoms with E-state index in [9.17, 15) is 9.59 Å². The summed E-state index contributed by atoms with van der Waals surface area (Å²) in [6, 6.07) is 14.8. The largest absolute Gasteiger partial charge is 0.457 e. The Morgan fingerprint density at radius 2 is 2.03 bits per heavy atom. The van der Waals surface area contributed by atoms with E-state index in [1.807, 2.05) is 31.2 Å².